The third kappa shape index (κ3) is 2.10. The Morgan fingerprint density at radius 3 is 2.71 bits per heavy atom. The first kappa shape index (κ1) is 10.0. The first-order valence-electron chi connectivity index (χ1n) is 5.25. The van der Waals surface area contributed by atoms with E-state index in [1.54, 1.807) is 0 Å². The second kappa shape index (κ2) is 4.33. The Morgan fingerprint density at radius 2 is 2.07 bits per heavy atom. The lowest BCUT2D eigenvalue weighted by molar-refractivity contribution is 0.385. The number of halogens is 1. The largest absolute Gasteiger partial charge is 0.314 e. The summed E-state index contributed by atoms with van der Waals surface area (Å²) in [6.45, 7) is 3.30. The van der Waals surface area contributed by atoms with Gasteiger partial charge in [0.05, 0.1) is 0 Å². The van der Waals surface area contributed by atoms with E-state index in [4.69, 9.17) is 11.6 Å². The summed E-state index contributed by atoms with van der Waals surface area (Å²) in [5.41, 5.74) is 1.30. The summed E-state index contributed by atoms with van der Waals surface area (Å²) in [5, 5.41) is 4.41. The monoisotopic (exact) mass is 209 g/mol. The van der Waals surface area contributed by atoms with Gasteiger partial charge in [-0.25, -0.2) is 0 Å². The number of nitrogens with one attached hydrogen (secondary N) is 1. The van der Waals surface area contributed by atoms with E-state index < -0.39 is 0 Å². The summed E-state index contributed by atoms with van der Waals surface area (Å²) >= 11 is 6.17. The van der Waals surface area contributed by atoms with Crippen molar-refractivity contribution in [2.24, 2.45) is 0 Å². The maximum absolute atomic E-state index is 6.17. The van der Waals surface area contributed by atoms with Crippen LogP contribution in [0.1, 0.15) is 31.2 Å². The predicted octanol–water partition coefficient (Wildman–Crippen LogP) is 3.20. The minimum absolute atomic E-state index is 0.597. The zero-order chi connectivity index (χ0) is 9.97. The van der Waals surface area contributed by atoms with Gasteiger partial charge in [0.1, 0.15) is 0 Å². The lowest BCUT2D eigenvalue weighted by Gasteiger charge is -2.28. The van der Waals surface area contributed by atoms with Crippen molar-refractivity contribution in [1.29, 1.82) is 0 Å². The molecule has 2 rings (SSSR count). The molecule has 1 aromatic carbocycles. The Bertz CT molecular complexity index is 303. The van der Waals surface area contributed by atoms with E-state index in [-0.39, 0.29) is 0 Å². The fourth-order valence-electron chi connectivity index (χ4n) is 2.07. The highest BCUT2D eigenvalue weighted by atomic mass is 35.5. The first-order valence-corrected chi connectivity index (χ1v) is 5.63. The predicted molar refractivity (Wildman–Crippen MR) is 60.9 cm³/mol. The van der Waals surface area contributed by atoms with Crippen LogP contribution in [0.5, 0.6) is 0 Å². The van der Waals surface area contributed by atoms with Crippen LogP contribution in [0, 0.1) is 0 Å². The molecule has 1 aliphatic heterocycles. The molecule has 0 aliphatic carbocycles. The number of rotatable bonds is 1. The number of hydrogen-bond acceptors (Lipinski definition) is 1. The maximum atomic E-state index is 6.17. The van der Waals surface area contributed by atoms with Gasteiger partial charge >= 0.3 is 0 Å². The summed E-state index contributed by atoms with van der Waals surface area (Å²) in [5.74, 6) is 0.597. The Hall–Kier alpha value is -0.530. The van der Waals surface area contributed by atoms with Crippen LogP contribution >= 0.6 is 11.6 Å². The molecular weight excluding hydrogens is 194 g/mol. The fourth-order valence-corrected chi connectivity index (χ4v) is 2.36. The molecule has 2 heteroatoms. The lowest BCUT2D eigenvalue weighted by Crippen LogP contribution is -2.35. The molecule has 1 heterocycles. The first-order chi connectivity index (χ1) is 6.77. The molecule has 0 spiro atoms. The van der Waals surface area contributed by atoms with E-state index >= 15 is 0 Å². The van der Waals surface area contributed by atoms with Gasteiger partial charge in [-0.1, -0.05) is 29.8 Å². The van der Waals surface area contributed by atoms with E-state index in [9.17, 15) is 0 Å². The van der Waals surface area contributed by atoms with Gasteiger partial charge in [0.15, 0.2) is 0 Å². The number of benzene rings is 1. The minimum atomic E-state index is 0.597. The van der Waals surface area contributed by atoms with Crippen LogP contribution in [0.4, 0.5) is 0 Å². The molecule has 2 unspecified atom stereocenters. The zero-order valence-corrected chi connectivity index (χ0v) is 9.22. The minimum Gasteiger partial charge on any atom is -0.314 e. The molecule has 1 aliphatic rings. The van der Waals surface area contributed by atoms with E-state index in [0.717, 1.165) is 11.6 Å². The summed E-state index contributed by atoms with van der Waals surface area (Å²) in [4.78, 5) is 0. The van der Waals surface area contributed by atoms with Crippen LogP contribution < -0.4 is 5.32 Å². The lowest BCUT2D eigenvalue weighted by atomic mass is 9.89. The van der Waals surface area contributed by atoms with Crippen molar-refractivity contribution in [1.82, 2.24) is 5.32 Å². The molecule has 1 nitrogen and oxygen atoms in total. The van der Waals surface area contributed by atoms with Crippen LogP contribution in [0.25, 0.3) is 0 Å². The SMILES string of the molecule is CC1CCC(c2ccccc2Cl)CN1. The topological polar surface area (TPSA) is 12.0 Å². The van der Waals surface area contributed by atoms with Gasteiger partial charge in [-0.15, -0.1) is 0 Å². The highest BCUT2D eigenvalue weighted by molar-refractivity contribution is 6.31. The average molecular weight is 210 g/mol. The Morgan fingerprint density at radius 1 is 1.29 bits per heavy atom. The Kier molecular flexibility index (Phi) is 3.09. The summed E-state index contributed by atoms with van der Waals surface area (Å²) < 4.78 is 0. The van der Waals surface area contributed by atoms with E-state index in [0.29, 0.717) is 12.0 Å². The Balaban J connectivity index is 2.12. The summed E-state index contributed by atoms with van der Waals surface area (Å²) in [7, 11) is 0. The van der Waals surface area contributed by atoms with Crippen molar-refractivity contribution in [3.8, 4) is 0 Å². The van der Waals surface area contributed by atoms with Crippen molar-refractivity contribution in [2.75, 3.05) is 6.54 Å². The Labute approximate surface area is 90.5 Å². The molecule has 1 saturated heterocycles. The smallest absolute Gasteiger partial charge is 0.0441 e. The van der Waals surface area contributed by atoms with Crippen LogP contribution in [0.2, 0.25) is 5.02 Å². The highest BCUT2D eigenvalue weighted by Gasteiger charge is 2.20. The van der Waals surface area contributed by atoms with Crippen molar-refractivity contribution in [3.05, 3.63) is 34.9 Å². The normalized spacial score (nSPS) is 27.6. The van der Waals surface area contributed by atoms with Crippen LogP contribution in [-0.4, -0.2) is 12.6 Å². The van der Waals surface area contributed by atoms with Crippen LogP contribution in [-0.2, 0) is 0 Å². The van der Waals surface area contributed by atoms with Crippen LogP contribution in [0.15, 0.2) is 24.3 Å². The molecule has 0 aromatic heterocycles. The van der Waals surface area contributed by atoms with Crippen molar-refractivity contribution in [3.63, 3.8) is 0 Å². The van der Waals surface area contributed by atoms with Gasteiger partial charge in [0.25, 0.3) is 0 Å². The summed E-state index contributed by atoms with van der Waals surface area (Å²) in [6, 6.07) is 8.84. The van der Waals surface area contributed by atoms with Gasteiger partial charge in [-0.3, -0.25) is 0 Å². The van der Waals surface area contributed by atoms with E-state index in [1.807, 2.05) is 12.1 Å². The summed E-state index contributed by atoms with van der Waals surface area (Å²) in [6.07, 6.45) is 2.49. The molecule has 1 fully saturated rings. The molecule has 1 N–H and O–H groups in total. The van der Waals surface area contributed by atoms with Crippen molar-refractivity contribution < 1.29 is 0 Å². The zero-order valence-electron chi connectivity index (χ0n) is 8.46. The third-order valence-corrected chi connectivity index (χ3v) is 3.35. The molecule has 0 saturated carbocycles. The quantitative estimate of drug-likeness (QED) is 0.749. The highest BCUT2D eigenvalue weighted by Crippen LogP contribution is 2.30. The average Bonchev–Trinajstić information content (AvgIpc) is 2.20. The van der Waals surface area contributed by atoms with Gasteiger partial charge in [-0.2, -0.15) is 0 Å². The molecule has 2 atom stereocenters. The van der Waals surface area contributed by atoms with Crippen molar-refractivity contribution in [2.45, 2.75) is 31.7 Å². The second-order valence-electron chi connectivity index (χ2n) is 4.11. The van der Waals surface area contributed by atoms with E-state index in [1.165, 1.54) is 18.4 Å². The van der Waals surface area contributed by atoms with E-state index in [2.05, 4.69) is 24.4 Å². The molecule has 14 heavy (non-hydrogen) atoms. The van der Waals surface area contributed by atoms with Gasteiger partial charge in [0.2, 0.25) is 0 Å². The van der Waals surface area contributed by atoms with Crippen molar-refractivity contribution >= 4 is 11.6 Å². The van der Waals surface area contributed by atoms with Gasteiger partial charge in [-0.05, 0) is 37.3 Å². The standard InChI is InChI=1S/C12H16ClN/c1-9-6-7-10(8-14-9)11-4-2-3-5-12(11)13/h2-5,9-10,14H,6-8H2,1H3. The molecule has 0 amide bonds. The number of piperidine rings is 1. The molecule has 1 aromatic rings. The molecular formula is C12H16ClN. The van der Waals surface area contributed by atoms with Crippen LogP contribution in [0.3, 0.4) is 0 Å². The fraction of sp³-hybridized carbons (Fsp3) is 0.500. The maximum Gasteiger partial charge on any atom is 0.0441 e. The number of hydrogen-bond donors (Lipinski definition) is 1. The van der Waals surface area contributed by atoms with Gasteiger partial charge in [0, 0.05) is 17.6 Å². The molecule has 0 radical (unpaired) electrons. The molecule has 76 valence electrons. The second-order valence-corrected chi connectivity index (χ2v) is 4.51. The van der Waals surface area contributed by atoms with Gasteiger partial charge < -0.3 is 5.32 Å². The third-order valence-electron chi connectivity index (χ3n) is 3.01. The molecule has 0 bridgehead atoms.